The molecule has 20 heavy (non-hydrogen) atoms. The number of benzene rings is 2. The van der Waals surface area contributed by atoms with E-state index < -0.39 is 0 Å². The van der Waals surface area contributed by atoms with Crippen LogP contribution in [0.25, 0.3) is 0 Å². The fourth-order valence-corrected chi connectivity index (χ4v) is 1.96. The maximum atomic E-state index is 13.6. The Bertz CT molecular complexity index is 564. The van der Waals surface area contributed by atoms with E-state index in [1.165, 1.54) is 6.07 Å². The molecule has 0 aliphatic rings. The van der Waals surface area contributed by atoms with E-state index in [2.05, 4.69) is 5.32 Å². The average molecular weight is 273 g/mol. The number of halogens is 1. The van der Waals surface area contributed by atoms with E-state index >= 15 is 0 Å². The first-order valence-electron chi connectivity index (χ1n) is 6.80. The largest absolute Gasteiger partial charge is 0.491 e. The van der Waals surface area contributed by atoms with Crippen molar-refractivity contribution in [3.8, 4) is 5.75 Å². The molecular weight excluding hydrogens is 253 g/mol. The summed E-state index contributed by atoms with van der Waals surface area (Å²) in [5.41, 5.74) is 2.68. The average Bonchev–Trinajstić information content (AvgIpc) is 2.41. The zero-order valence-corrected chi connectivity index (χ0v) is 12.1. The van der Waals surface area contributed by atoms with E-state index in [1.807, 2.05) is 51.1 Å². The summed E-state index contributed by atoms with van der Waals surface area (Å²) in [6.07, 6.45) is 0.162. The van der Waals surface area contributed by atoms with E-state index in [9.17, 15) is 4.39 Å². The van der Waals surface area contributed by atoms with Crippen molar-refractivity contribution in [2.45, 2.75) is 33.4 Å². The fraction of sp³-hybridized carbons (Fsp3) is 0.294. The molecule has 2 aromatic carbocycles. The second-order valence-corrected chi connectivity index (χ2v) is 5.14. The maximum absolute atomic E-state index is 13.6. The van der Waals surface area contributed by atoms with Gasteiger partial charge in [-0.1, -0.05) is 17.7 Å². The molecule has 0 saturated carbocycles. The van der Waals surface area contributed by atoms with Crippen LogP contribution < -0.4 is 10.1 Å². The number of hydrogen-bond donors (Lipinski definition) is 1. The van der Waals surface area contributed by atoms with Crippen molar-refractivity contribution in [3.63, 3.8) is 0 Å². The van der Waals surface area contributed by atoms with Gasteiger partial charge in [-0.15, -0.1) is 0 Å². The van der Waals surface area contributed by atoms with Crippen LogP contribution in [-0.2, 0) is 6.54 Å². The zero-order chi connectivity index (χ0) is 14.5. The molecule has 0 atom stereocenters. The minimum absolute atomic E-state index is 0.162. The molecule has 0 fully saturated rings. The molecule has 0 amide bonds. The molecular formula is C17H20FNO. The highest BCUT2D eigenvalue weighted by atomic mass is 19.1. The van der Waals surface area contributed by atoms with E-state index in [0.717, 1.165) is 17.0 Å². The van der Waals surface area contributed by atoms with Crippen LogP contribution in [0.3, 0.4) is 0 Å². The summed E-state index contributed by atoms with van der Waals surface area (Å²) in [4.78, 5) is 0. The third-order valence-corrected chi connectivity index (χ3v) is 2.91. The SMILES string of the molecule is Cc1ccc(F)c(CNc2ccc(OC(C)C)cc2)c1. The Balaban J connectivity index is 1.98. The minimum Gasteiger partial charge on any atom is -0.491 e. The monoisotopic (exact) mass is 273 g/mol. The van der Waals surface area contributed by atoms with Crippen molar-refractivity contribution in [1.29, 1.82) is 0 Å². The van der Waals surface area contributed by atoms with Crippen LogP contribution in [0, 0.1) is 12.7 Å². The Morgan fingerprint density at radius 3 is 2.45 bits per heavy atom. The van der Waals surface area contributed by atoms with Gasteiger partial charge in [-0.25, -0.2) is 4.39 Å². The van der Waals surface area contributed by atoms with Gasteiger partial charge >= 0.3 is 0 Å². The summed E-state index contributed by atoms with van der Waals surface area (Å²) >= 11 is 0. The first kappa shape index (κ1) is 14.4. The lowest BCUT2D eigenvalue weighted by molar-refractivity contribution is 0.242. The third-order valence-electron chi connectivity index (χ3n) is 2.91. The van der Waals surface area contributed by atoms with E-state index in [-0.39, 0.29) is 11.9 Å². The second-order valence-electron chi connectivity index (χ2n) is 5.14. The summed E-state index contributed by atoms with van der Waals surface area (Å²) in [5, 5.41) is 3.21. The topological polar surface area (TPSA) is 21.3 Å². The van der Waals surface area contributed by atoms with Gasteiger partial charge in [-0.2, -0.15) is 0 Å². The van der Waals surface area contributed by atoms with Crippen molar-refractivity contribution < 1.29 is 9.13 Å². The number of nitrogens with one attached hydrogen (secondary N) is 1. The van der Waals surface area contributed by atoms with E-state index in [1.54, 1.807) is 6.07 Å². The normalized spacial score (nSPS) is 10.7. The Kier molecular flexibility index (Phi) is 4.61. The molecule has 0 aliphatic carbocycles. The van der Waals surface area contributed by atoms with Gasteiger partial charge < -0.3 is 10.1 Å². The molecule has 106 valence electrons. The van der Waals surface area contributed by atoms with Crippen molar-refractivity contribution in [2.75, 3.05) is 5.32 Å². The zero-order valence-electron chi connectivity index (χ0n) is 12.1. The summed E-state index contributed by atoms with van der Waals surface area (Å²) in [6.45, 7) is 6.41. The lowest BCUT2D eigenvalue weighted by Crippen LogP contribution is -2.06. The Hall–Kier alpha value is -2.03. The van der Waals surface area contributed by atoms with Crippen LogP contribution in [0.1, 0.15) is 25.0 Å². The van der Waals surface area contributed by atoms with Crippen molar-refractivity contribution in [3.05, 3.63) is 59.4 Å². The smallest absolute Gasteiger partial charge is 0.128 e. The highest BCUT2D eigenvalue weighted by molar-refractivity contribution is 5.47. The lowest BCUT2D eigenvalue weighted by atomic mass is 10.1. The fourth-order valence-electron chi connectivity index (χ4n) is 1.96. The number of rotatable bonds is 5. The molecule has 0 radical (unpaired) electrons. The van der Waals surface area contributed by atoms with Gasteiger partial charge in [0.05, 0.1) is 6.10 Å². The predicted octanol–water partition coefficient (Wildman–Crippen LogP) is 4.53. The highest BCUT2D eigenvalue weighted by Gasteiger charge is 2.03. The van der Waals surface area contributed by atoms with Crippen LogP contribution in [0.2, 0.25) is 0 Å². The van der Waals surface area contributed by atoms with Crippen LogP contribution in [0.4, 0.5) is 10.1 Å². The molecule has 0 aliphatic heterocycles. The van der Waals surface area contributed by atoms with Crippen molar-refractivity contribution >= 4 is 5.69 Å². The molecule has 3 heteroatoms. The van der Waals surface area contributed by atoms with Gasteiger partial charge in [0.2, 0.25) is 0 Å². The van der Waals surface area contributed by atoms with Crippen LogP contribution >= 0.6 is 0 Å². The standard InChI is InChI=1S/C17H20FNO/c1-12(2)20-16-7-5-15(6-8-16)19-11-14-10-13(3)4-9-17(14)18/h4-10,12,19H,11H2,1-3H3. The van der Waals surface area contributed by atoms with E-state index in [0.29, 0.717) is 12.1 Å². The molecule has 0 unspecified atom stereocenters. The molecule has 0 saturated heterocycles. The number of aryl methyl sites for hydroxylation is 1. The molecule has 2 nitrogen and oxygen atoms in total. The second kappa shape index (κ2) is 6.42. The summed E-state index contributed by atoms with van der Waals surface area (Å²) in [5.74, 6) is 0.662. The molecule has 0 bridgehead atoms. The van der Waals surface area contributed by atoms with Gasteiger partial charge in [0.25, 0.3) is 0 Å². The first-order valence-corrected chi connectivity index (χ1v) is 6.80. The van der Waals surface area contributed by atoms with Crippen molar-refractivity contribution in [1.82, 2.24) is 0 Å². The quantitative estimate of drug-likeness (QED) is 0.864. The highest BCUT2D eigenvalue weighted by Crippen LogP contribution is 2.18. The third kappa shape index (κ3) is 3.98. The van der Waals surface area contributed by atoms with Crippen molar-refractivity contribution in [2.24, 2.45) is 0 Å². The van der Waals surface area contributed by atoms with Gasteiger partial charge in [0.1, 0.15) is 11.6 Å². The molecule has 2 rings (SSSR count). The van der Waals surface area contributed by atoms with Crippen LogP contribution in [-0.4, -0.2) is 6.10 Å². The number of anilines is 1. The maximum Gasteiger partial charge on any atom is 0.128 e. The molecule has 0 heterocycles. The van der Waals surface area contributed by atoms with E-state index in [4.69, 9.17) is 4.74 Å². The number of ether oxygens (including phenoxy) is 1. The first-order chi connectivity index (χ1) is 9.54. The van der Waals surface area contributed by atoms with Gasteiger partial charge in [0, 0.05) is 17.8 Å². The Morgan fingerprint density at radius 1 is 1.10 bits per heavy atom. The summed E-state index contributed by atoms with van der Waals surface area (Å²) in [7, 11) is 0. The number of hydrogen-bond acceptors (Lipinski definition) is 2. The van der Waals surface area contributed by atoms with Gasteiger partial charge in [-0.05, 0) is 51.1 Å². The Morgan fingerprint density at radius 2 is 1.80 bits per heavy atom. The minimum atomic E-state index is -0.178. The Labute approximate surface area is 119 Å². The molecule has 2 aromatic rings. The molecule has 0 spiro atoms. The molecule has 0 aromatic heterocycles. The molecule has 1 N–H and O–H groups in total. The van der Waals surface area contributed by atoms with Crippen LogP contribution in [0.15, 0.2) is 42.5 Å². The predicted molar refractivity (Wildman–Crippen MR) is 80.7 cm³/mol. The van der Waals surface area contributed by atoms with Crippen LogP contribution in [0.5, 0.6) is 5.75 Å². The lowest BCUT2D eigenvalue weighted by Gasteiger charge is -2.11. The summed E-state index contributed by atoms with van der Waals surface area (Å²) in [6, 6.07) is 12.8. The van der Waals surface area contributed by atoms with Gasteiger partial charge in [0.15, 0.2) is 0 Å². The summed E-state index contributed by atoms with van der Waals surface area (Å²) < 4.78 is 19.2. The van der Waals surface area contributed by atoms with Gasteiger partial charge in [-0.3, -0.25) is 0 Å².